The maximum absolute atomic E-state index is 10.6. The molecule has 0 amide bonds. The van der Waals surface area contributed by atoms with Crippen molar-refractivity contribution in [3.8, 4) is 11.5 Å². The van der Waals surface area contributed by atoms with Gasteiger partial charge in [-0.15, -0.1) is 11.3 Å². The van der Waals surface area contributed by atoms with Crippen molar-refractivity contribution in [2.75, 3.05) is 5.32 Å². The van der Waals surface area contributed by atoms with Gasteiger partial charge in [0, 0.05) is 35.5 Å². The molecular formula is C15H11N3O3S. The molecule has 1 N–H and O–H groups in total. The second kappa shape index (κ2) is 6.23. The van der Waals surface area contributed by atoms with Crippen molar-refractivity contribution in [3.63, 3.8) is 0 Å². The van der Waals surface area contributed by atoms with Gasteiger partial charge in [-0.05, 0) is 24.3 Å². The van der Waals surface area contributed by atoms with Crippen molar-refractivity contribution >= 4 is 27.8 Å². The van der Waals surface area contributed by atoms with Crippen molar-refractivity contribution in [1.82, 2.24) is 4.98 Å². The van der Waals surface area contributed by atoms with Gasteiger partial charge in [-0.25, -0.2) is 4.98 Å². The van der Waals surface area contributed by atoms with E-state index in [2.05, 4.69) is 10.3 Å². The average molecular weight is 313 g/mol. The molecule has 1 aromatic heterocycles. The van der Waals surface area contributed by atoms with E-state index in [1.54, 1.807) is 18.3 Å². The summed E-state index contributed by atoms with van der Waals surface area (Å²) in [6.07, 6.45) is 1.73. The van der Waals surface area contributed by atoms with Crippen LogP contribution in [0.4, 0.5) is 16.5 Å². The lowest BCUT2D eigenvalue weighted by Gasteiger charge is -2.08. The van der Waals surface area contributed by atoms with Gasteiger partial charge < -0.3 is 10.1 Å². The van der Waals surface area contributed by atoms with Gasteiger partial charge in [-0.2, -0.15) is 0 Å². The van der Waals surface area contributed by atoms with Crippen molar-refractivity contribution in [3.05, 3.63) is 70.2 Å². The fourth-order valence-corrected chi connectivity index (χ4v) is 2.37. The normalized spacial score (nSPS) is 10.2. The molecule has 0 radical (unpaired) electrons. The summed E-state index contributed by atoms with van der Waals surface area (Å²) in [4.78, 5) is 14.3. The minimum Gasteiger partial charge on any atom is -0.457 e. The van der Waals surface area contributed by atoms with Crippen molar-refractivity contribution < 1.29 is 9.66 Å². The van der Waals surface area contributed by atoms with E-state index < -0.39 is 4.92 Å². The first kappa shape index (κ1) is 14.0. The molecular weight excluding hydrogens is 302 g/mol. The first-order valence-corrected chi connectivity index (χ1v) is 7.27. The molecule has 2 aromatic carbocycles. The maximum Gasteiger partial charge on any atom is 0.269 e. The Morgan fingerprint density at radius 3 is 2.64 bits per heavy atom. The minimum absolute atomic E-state index is 0.0338. The number of nitro groups is 1. The number of anilines is 2. The molecule has 6 nitrogen and oxygen atoms in total. The second-order valence-electron chi connectivity index (χ2n) is 4.34. The zero-order chi connectivity index (χ0) is 15.4. The largest absolute Gasteiger partial charge is 0.457 e. The molecule has 0 atom stereocenters. The summed E-state index contributed by atoms with van der Waals surface area (Å²) in [6, 6.07) is 13.4. The lowest BCUT2D eigenvalue weighted by Crippen LogP contribution is -1.91. The van der Waals surface area contributed by atoms with Gasteiger partial charge in [-0.1, -0.05) is 6.07 Å². The van der Waals surface area contributed by atoms with Gasteiger partial charge in [0.2, 0.25) is 0 Å². The van der Waals surface area contributed by atoms with Crippen LogP contribution in [0.3, 0.4) is 0 Å². The molecule has 0 saturated heterocycles. The minimum atomic E-state index is -0.442. The number of ether oxygens (including phenoxy) is 1. The Hall–Kier alpha value is -2.93. The summed E-state index contributed by atoms with van der Waals surface area (Å²) in [5.74, 6) is 1.17. The zero-order valence-corrected chi connectivity index (χ0v) is 12.1. The summed E-state index contributed by atoms with van der Waals surface area (Å²) >= 11 is 1.51. The van der Waals surface area contributed by atoms with Crippen LogP contribution in [0.1, 0.15) is 0 Å². The zero-order valence-electron chi connectivity index (χ0n) is 11.3. The first-order valence-electron chi connectivity index (χ1n) is 6.39. The molecule has 22 heavy (non-hydrogen) atoms. The Morgan fingerprint density at radius 1 is 1.14 bits per heavy atom. The van der Waals surface area contributed by atoms with Gasteiger partial charge in [0.1, 0.15) is 11.5 Å². The standard InChI is InChI=1S/C15H11N3O3S/c19-18(20)12-4-6-13(7-5-12)21-14-3-1-2-11(10-14)17-15-16-8-9-22-15/h1-10H,(H,16,17). The van der Waals surface area contributed by atoms with Crippen molar-refractivity contribution in [2.45, 2.75) is 0 Å². The van der Waals surface area contributed by atoms with Crippen LogP contribution in [-0.4, -0.2) is 9.91 Å². The summed E-state index contributed by atoms with van der Waals surface area (Å²) < 4.78 is 5.69. The number of non-ortho nitro benzene ring substituents is 1. The number of hydrogen-bond acceptors (Lipinski definition) is 6. The molecule has 3 aromatic rings. The molecule has 0 bridgehead atoms. The molecule has 1 heterocycles. The first-order chi connectivity index (χ1) is 10.7. The van der Waals surface area contributed by atoms with Gasteiger partial charge >= 0.3 is 0 Å². The molecule has 3 rings (SSSR count). The number of hydrogen-bond donors (Lipinski definition) is 1. The summed E-state index contributed by atoms with van der Waals surface area (Å²) in [5, 5.41) is 16.5. The fourth-order valence-electron chi connectivity index (χ4n) is 1.82. The number of benzene rings is 2. The van der Waals surface area contributed by atoms with E-state index in [0.29, 0.717) is 11.5 Å². The number of nitrogens with one attached hydrogen (secondary N) is 1. The van der Waals surface area contributed by atoms with E-state index in [1.807, 2.05) is 29.6 Å². The predicted octanol–water partition coefficient (Wildman–Crippen LogP) is 4.59. The molecule has 0 spiro atoms. The predicted molar refractivity (Wildman–Crippen MR) is 85.0 cm³/mol. The van der Waals surface area contributed by atoms with Crippen LogP contribution < -0.4 is 10.1 Å². The Balaban J connectivity index is 1.73. The number of nitrogens with zero attached hydrogens (tertiary/aromatic N) is 2. The van der Waals surface area contributed by atoms with Crippen LogP contribution in [-0.2, 0) is 0 Å². The second-order valence-corrected chi connectivity index (χ2v) is 5.24. The van der Waals surface area contributed by atoms with Gasteiger partial charge in [0.15, 0.2) is 5.13 Å². The molecule has 0 aliphatic heterocycles. The van der Waals surface area contributed by atoms with Crippen LogP contribution in [0.5, 0.6) is 11.5 Å². The topological polar surface area (TPSA) is 77.3 Å². The highest BCUT2D eigenvalue weighted by atomic mass is 32.1. The van der Waals surface area contributed by atoms with E-state index >= 15 is 0 Å². The summed E-state index contributed by atoms with van der Waals surface area (Å²) in [5.41, 5.74) is 0.890. The third-order valence-corrected chi connectivity index (χ3v) is 3.49. The van der Waals surface area contributed by atoms with Crippen molar-refractivity contribution in [2.24, 2.45) is 0 Å². The Kier molecular flexibility index (Phi) is 3.97. The summed E-state index contributed by atoms with van der Waals surface area (Å²) in [6.45, 7) is 0. The third-order valence-electron chi connectivity index (χ3n) is 2.80. The van der Waals surface area contributed by atoms with Crippen molar-refractivity contribution in [1.29, 1.82) is 0 Å². The molecule has 0 aliphatic rings. The molecule has 0 aliphatic carbocycles. The lowest BCUT2D eigenvalue weighted by atomic mass is 10.3. The van der Waals surface area contributed by atoms with Gasteiger partial charge in [0.25, 0.3) is 5.69 Å². The molecule has 110 valence electrons. The van der Waals surface area contributed by atoms with Crippen LogP contribution in [0.15, 0.2) is 60.1 Å². The van der Waals surface area contributed by atoms with Gasteiger partial charge in [-0.3, -0.25) is 10.1 Å². The number of rotatable bonds is 5. The van der Waals surface area contributed by atoms with Crippen LogP contribution in [0, 0.1) is 10.1 Å². The molecule has 0 unspecified atom stereocenters. The Bertz CT molecular complexity index is 773. The third kappa shape index (κ3) is 3.39. The Morgan fingerprint density at radius 2 is 1.95 bits per heavy atom. The highest BCUT2D eigenvalue weighted by Gasteiger charge is 2.05. The monoisotopic (exact) mass is 313 g/mol. The molecule has 0 saturated carbocycles. The van der Waals surface area contributed by atoms with Crippen LogP contribution in [0.25, 0.3) is 0 Å². The number of nitro benzene ring substituents is 1. The lowest BCUT2D eigenvalue weighted by molar-refractivity contribution is -0.384. The van der Waals surface area contributed by atoms with E-state index in [4.69, 9.17) is 4.74 Å². The van der Waals surface area contributed by atoms with E-state index in [9.17, 15) is 10.1 Å². The average Bonchev–Trinajstić information content (AvgIpc) is 3.01. The summed E-state index contributed by atoms with van der Waals surface area (Å²) in [7, 11) is 0. The Labute approximate surface area is 130 Å². The smallest absolute Gasteiger partial charge is 0.269 e. The van der Waals surface area contributed by atoms with Gasteiger partial charge in [0.05, 0.1) is 4.92 Å². The molecule has 0 fully saturated rings. The quantitative estimate of drug-likeness (QED) is 0.550. The highest BCUT2D eigenvalue weighted by molar-refractivity contribution is 7.13. The highest BCUT2D eigenvalue weighted by Crippen LogP contribution is 2.27. The van der Waals surface area contributed by atoms with E-state index in [0.717, 1.165) is 10.8 Å². The van der Waals surface area contributed by atoms with Crippen LogP contribution >= 0.6 is 11.3 Å². The number of thiazole rings is 1. The van der Waals surface area contributed by atoms with E-state index in [1.165, 1.54) is 23.5 Å². The number of aromatic nitrogens is 1. The van der Waals surface area contributed by atoms with Crippen LogP contribution in [0.2, 0.25) is 0 Å². The maximum atomic E-state index is 10.6. The van der Waals surface area contributed by atoms with E-state index in [-0.39, 0.29) is 5.69 Å². The SMILES string of the molecule is O=[N+]([O-])c1ccc(Oc2cccc(Nc3nccs3)c2)cc1. The molecule has 7 heteroatoms. The fraction of sp³-hybridized carbons (Fsp3) is 0.